The van der Waals surface area contributed by atoms with Crippen LogP contribution in [0.1, 0.15) is 50.1 Å². The number of nitrogens with zero attached hydrogens (tertiary/aromatic N) is 4. The molecule has 0 saturated carbocycles. The van der Waals surface area contributed by atoms with Gasteiger partial charge in [-0.3, -0.25) is 4.99 Å². The molecule has 4 rings (SSSR count). The number of aromatic nitrogens is 3. The number of halogens is 1. The van der Waals surface area contributed by atoms with Gasteiger partial charge in [0.1, 0.15) is 5.69 Å². The van der Waals surface area contributed by atoms with E-state index in [9.17, 15) is 0 Å². The Labute approximate surface area is 152 Å². The van der Waals surface area contributed by atoms with Crippen molar-refractivity contribution < 1.29 is 4.39 Å². The molecule has 5 heteroatoms. The molecule has 3 heterocycles. The van der Waals surface area contributed by atoms with Crippen molar-refractivity contribution in [3.8, 4) is 0 Å². The van der Waals surface area contributed by atoms with E-state index in [0.29, 0.717) is 16.7 Å². The van der Waals surface area contributed by atoms with Crippen molar-refractivity contribution >= 4 is 16.7 Å². The summed E-state index contributed by atoms with van der Waals surface area (Å²) < 4.78 is 15.3. The molecule has 0 amide bonds. The van der Waals surface area contributed by atoms with Crippen molar-refractivity contribution in [1.82, 2.24) is 15.2 Å². The van der Waals surface area contributed by atoms with E-state index in [-0.39, 0.29) is 11.1 Å². The van der Waals surface area contributed by atoms with E-state index < -0.39 is 11.4 Å². The van der Waals surface area contributed by atoms with Crippen molar-refractivity contribution in [1.29, 1.82) is 0 Å². The first-order valence-corrected chi connectivity index (χ1v) is 8.71. The second-order valence-electron chi connectivity index (χ2n) is 7.88. The van der Waals surface area contributed by atoms with Gasteiger partial charge in [-0.15, -0.1) is 10.2 Å². The third kappa shape index (κ3) is 2.19. The highest BCUT2D eigenvalue weighted by Crippen LogP contribution is 2.45. The molecule has 0 bridgehead atoms. The van der Waals surface area contributed by atoms with Gasteiger partial charge in [0.05, 0.1) is 16.6 Å². The highest BCUT2D eigenvalue weighted by atomic mass is 19.1. The van der Waals surface area contributed by atoms with Crippen molar-refractivity contribution in [3.63, 3.8) is 0 Å². The third-order valence-electron chi connectivity index (χ3n) is 5.77. The van der Waals surface area contributed by atoms with Gasteiger partial charge in [-0.1, -0.05) is 32.0 Å². The van der Waals surface area contributed by atoms with E-state index in [1.807, 2.05) is 12.1 Å². The van der Waals surface area contributed by atoms with E-state index in [1.54, 1.807) is 18.3 Å². The van der Waals surface area contributed by atoms with Crippen LogP contribution in [0, 0.1) is 12.7 Å². The number of rotatable bonds is 1. The maximum absolute atomic E-state index is 15.3. The van der Waals surface area contributed by atoms with Gasteiger partial charge in [0, 0.05) is 17.2 Å². The van der Waals surface area contributed by atoms with Crippen molar-refractivity contribution in [3.05, 3.63) is 64.7 Å². The lowest BCUT2D eigenvalue weighted by atomic mass is 9.64. The Bertz CT molecular complexity index is 1070. The minimum Gasteiger partial charge on any atom is -0.275 e. The van der Waals surface area contributed by atoms with Gasteiger partial charge in [0.25, 0.3) is 0 Å². The van der Waals surface area contributed by atoms with Crippen LogP contribution in [0.2, 0.25) is 0 Å². The maximum atomic E-state index is 15.3. The first kappa shape index (κ1) is 16.8. The molecular formula is C21H21FN4. The summed E-state index contributed by atoms with van der Waals surface area (Å²) in [6, 6.07) is 9.43. The Balaban J connectivity index is 2.06. The number of pyridine rings is 1. The number of aliphatic imine (C=N–C) groups is 1. The molecule has 0 atom stereocenters. The van der Waals surface area contributed by atoms with Crippen molar-refractivity contribution in [2.24, 2.45) is 4.99 Å². The highest BCUT2D eigenvalue weighted by molar-refractivity contribution is 6.15. The van der Waals surface area contributed by atoms with Crippen LogP contribution in [-0.2, 0) is 5.41 Å². The predicted octanol–water partition coefficient (Wildman–Crippen LogP) is 4.38. The van der Waals surface area contributed by atoms with Gasteiger partial charge in [-0.2, -0.15) is 0 Å². The van der Waals surface area contributed by atoms with Gasteiger partial charge >= 0.3 is 0 Å². The third-order valence-corrected chi connectivity index (χ3v) is 5.77. The Hall–Kier alpha value is -2.69. The summed E-state index contributed by atoms with van der Waals surface area (Å²) in [7, 11) is 0. The first-order valence-electron chi connectivity index (χ1n) is 8.71. The minimum atomic E-state index is -0.426. The standard InChI is InChI=1S/C21H21FN4/c1-12-8-6-9-13-15(12)20(2,3)21(4,5)24-17(13)18-16(22)14-10-7-11-23-19(14)26-25-18/h6-11H,1-5H3. The molecule has 2 aromatic heterocycles. The van der Waals surface area contributed by atoms with Gasteiger partial charge in [-0.05, 0) is 44.0 Å². The van der Waals surface area contributed by atoms with Crippen LogP contribution in [0.5, 0.6) is 0 Å². The van der Waals surface area contributed by atoms with E-state index in [0.717, 1.165) is 5.56 Å². The average Bonchev–Trinajstić information content (AvgIpc) is 2.59. The zero-order valence-corrected chi connectivity index (χ0v) is 15.6. The van der Waals surface area contributed by atoms with Crippen LogP contribution < -0.4 is 0 Å². The molecule has 1 aromatic carbocycles. The lowest BCUT2D eigenvalue weighted by Crippen LogP contribution is -2.46. The first-order chi connectivity index (χ1) is 12.2. The van der Waals surface area contributed by atoms with Crippen molar-refractivity contribution in [2.75, 3.05) is 0 Å². The molecule has 0 radical (unpaired) electrons. The highest BCUT2D eigenvalue weighted by Gasteiger charge is 2.45. The lowest BCUT2D eigenvalue weighted by molar-refractivity contribution is 0.302. The molecule has 0 N–H and O–H groups in total. The quantitative estimate of drug-likeness (QED) is 0.656. The number of aryl methyl sites for hydroxylation is 1. The number of hydrogen-bond acceptors (Lipinski definition) is 4. The molecule has 0 spiro atoms. The predicted molar refractivity (Wildman–Crippen MR) is 101 cm³/mol. The van der Waals surface area contributed by atoms with Crippen LogP contribution in [0.3, 0.4) is 0 Å². The second-order valence-corrected chi connectivity index (χ2v) is 7.88. The molecule has 0 aliphatic carbocycles. The summed E-state index contributed by atoms with van der Waals surface area (Å²) in [5.74, 6) is -0.426. The number of hydrogen-bond donors (Lipinski definition) is 0. The molecule has 26 heavy (non-hydrogen) atoms. The molecule has 0 unspecified atom stereocenters. The Morgan fingerprint density at radius 1 is 0.962 bits per heavy atom. The van der Waals surface area contributed by atoms with Crippen LogP contribution in [-0.4, -0.2) is 26.4 Å². The molecule has 1 aliphatic heterocycles. The Morgan fingerprint density at radius 3 is 2.50 bits per heavy atom. The summed E-state index contributed by atoms with van der Waals surface area (Å²) in [6.45, 7) is 10.6. The maximum Gasteiger partial charge on any atom is 0.184 e. The topological polar surface area (TPSA) is 51.0 Å². The summed E-state index contributed by atoms with van der Waals surface area (Å²) in [6.07, 6.45) is 1.58. The van der Waals surface area contributed by atoms with E-state index in [1.165, 1.54) is 11.1 Å². The van der Waals surface area contributed by atoms with Gasteiger partial charge in [-0.25, -0.2) is 9.37 Å². The van der Waals surface area contributed by atoms with Gasteiger partial charge < -0.3 is 0 Å². The fraction of sp³-hybridized carbons (Fsp3) is 0.333. The summed E-state index contributed by atoms with van der Waals surface area (Å²) in [5, 5.41) is 8.63. The van der Waals surface area contributed by atoms with Crippen molar-refractivity contribution in [2.45, 2.75) is 45.6 Å². The number of benzene rings is 1. The van der Waals surface area contributed by atoms with E-state index in [2.05, 4.69) is 55.9 Å². The van der Waals surface area contributed by atoms with Gasteiger partial charge in [0.15, 0.2) is 11.5 Å². The number of fused-ring (bicyclic) bond motifs is 2. The minimum absolute atomic E-state index is 0.181. The molecule has 0 fully saturated rings. The van der Waals surface area contributed by atoms with Crippen LogP contribution in [0.4, 0.5) is 4.39 Å². The monoisotopic (exact) mass is 348 g/mol. The van der Waals surface area contributed by atoms with E-state index in [4.69, 9.17) is 4.99 Å². The van der Waals surface area contributed by atoms with Crippen LogP contribution >= 0.6 is 0 Å². The molecule has 1 aliphatic rings. The zero-order valence-electron chi connectivity index (χ0n) is 15.6. The largest absolute Gasteiger partial charge is 0.275 e. The summed E-state index contributed by atoms with van der Waals surface area (Å²) >= 11 is 0. The summed E-state index contributed by atoms with van der Waals surface area (Å²) in [5.41, 5.74) is 3.70. The SMILES string of the molecule is Cc1cccc2c1C(C)(C)C(C)(C)N=C2c1nnc2ncccc2c1F. The average molecular weight is 348 g/mol. The second kappa shape index (κ2) is 5.40. The van der Waals surface area contributed by atoms with Gasteiger partial charge in [0.2, 0.25) is 0 Å². The smallest absolute Gasteiger partial charge is 0.184 e. The fourth-order valence-corrected chi connectivity index (χ4v) is 3.73. The van der Waals surface area contributed by atoms with Crippen LogP contribution in [0.25, 0.3) is 11.0 Å². The summed E-state index contributed by atoms with van der Waals surface area (Å²) in [4.78, 5) is 9.03. The Morgan fingerprint density at radius 2 is 1.73 bits per heavy atom. The fourth-order valence-electron chi connectivity index (χ4n) is 3.73. The zero-order chi connectivity index (χ0) is 18.7. The normalized spacial score (nSPS) is 17.7. The lowest BCUT2D eigenvalue weighted by Gasteiger charge is -2.45. The molecule has 0 saturated heterocycles. The van der Waals surface area contributed by atoms with Crippen LogP contribution in [0.15, 0.2) is 41.5 Å². The Kier molecular flexibility index (Phi) is 3.48. The molecule has 4 nitrogen and oxygen atoms in total. The molecular weight excluding hydrogens is 327 g/mol. The van der Waals surface area contributed by atoms with E-state index >= 15 is 4.39 Å². The molecule has 3 aromatic rings. The molecule has 132 valence electrons.